The van der Waals surface area contributed by atoms with Crippen LogP contribution in [-0.4, -0.2) is 20.9 Å². The Morgan fingerprint density at radius 3 is 2.56 bits per heavy atom. The Morgan fingerprint density at radius 1 is 1.03 bits per heavy atom. The first kappa shape index (κ1) is 24.6. The van der Waals surface area contributed by atoms with Gasteiger partial charge in [0.2, 0.25) is 0 Å². The molecule has 1 aromatic heterocycles. The van der Waals surface area contributed by atoms with E-state index in [0.29, 0.717) is 11.3 Å². The van der Waals surface area contributed by atoms with Crippen LogP contribution in [-0.2, 0) is 21.5 Å². The maximum absolute atomic E-state index is 13.0. The Hall–Kier alpha value is -4.55. The highest BCUT2D eigenvalue weighted by Crippen LogP contribution is 2.32. The number of hydrogen-bond donors (Lipinski definition) is 1. The van der Waals surface area contributed by atoms with Gasteiger partial charge in [0, 0.05) is 0 Å². The molecule has 1 amide bonds. The molecule has 182 valence electrons. The molecule has 36 heavy (non-hydrogen) atoms. The second kappa shape index (κ2) is 10.8. The lowest BCUT2D eigenvalue weighted by Crippen LogP contribution is -2.23. The van der Waals surface area contributed by atoms with Crippen LogP contribution >= 0.6 is 0 Å². The van der Waals surface area contributed by atoms with E-state index < -0.39 is 16.0 Å². The van der Waals surface area contributed by atoms with Gasteiger partial charge in [0.25, 0.3) is 5.91 Å². The first-order chi connectivity index (χ1) is 17.4. The van der Waals surface area contributed by atoms with Gasteiger partial charge in [-0.25, -0.2) is 0 Å². The zero-order chi connectivity index (χ0) is 25.5. The summed E-state index contributed by atoms with van der Waals surface area (Å²) in [6.07, 6.45) is 2.86. The summed E-state index contributed by atoms with van der Waals surface area (Å²) in [6, 6.07) is 21.9. The average Bonchev–Trinajstić information content (AvgIpc) is 3.41. The molecule has 0 fully saturated rings. The zero-order valence-corrected chi connectivity index (χ0v) is 20.1. The lowest BCUT2D eigenvalue weighted by atomic mass is 10.1. The number of ether oxygens (including phenoxy) is 1. The van der Waals surface area contributed by atoms with Crippen molar-refractivity contribution in [3.8, 4) is 17.6 Å². The van der Waals surface area contributed by atoms with E-state index in [1.54, 1.807) is 31.2 Å². The first-order valence-electron chi connectivity index (χ1n) is 11.0. The van der Waals surface area contributed by atoms with Gasteiger partial charge in [-0.1, -0.05) is 36.4 Å². The van der Waals surface area contributed by atoms with Crippen molar-refractivity contribution < 1.29 is 26.5 Å². The van der Waals surface area contributed by atoms with Crippen LogP contribution in [0.15, 0.2) is 93.9 Å². The van der Waals surface area contributed by atoms with E-state index in [-0.39, 0.29) is 35.1 Å². The third kappa shape index (κ3) is 5.74. The van der Waals surface area contributed by atoms with Crippen LogP contribution < -0.4 is 14.2 Å². The Morgan fingerprint density at radius 2 is 1.83 bits per heavy atom. The number of hydrogen-bond acceptors (Lipinski definition) is 7. The molecule has 8 nitrogen and oxygen atoms in total. The van der Waals surface area contributed by atoms with Crippen LogP contribution in [0.3, 0.4) is 0 Å². The lowest BCUT2D eigenvalue weighted by molar-refractivity contribution is -0.117. The van der Waals surface area contributed by atoms with Gasteiger partial charge in [-0.3, -0.25) is 4.79 Å². The maximum Gasteiger partial charge on any atom is 0.339 e. The topological polar surface area (TPSA) is 119 Å². The molecule has 0 aliphatic rings. The molecule has 0 spiro atoms. The minimum atomic E-state index is -4.15. The Labute approximate surface area is 208 Å². The minimum absolute atomic E-state index is 0.00705. The van der Waals surface area contributed by atoms with Crippen molar-refractivity contribution in [1.29, 1.82) is 5.26 Å². The SMILES string of the molecule is CCOc1cc(/C=C(\C#N)C(=O)NCc2ccco2)ccc1OS(=O)(=O)c1ccc2ccccc2c1. The number of nitrogens with zero attached hydrogens (tertiary/aromatic N) is 1. The van der Waals surface area contributed by atoms with Crippen molar-refractivity contribution in [1.82, 2.24) is 5.32 Å². The lowest BCUT2D eigenvalue weighted by Gasteiger charge is -2.13. The summed E-state index contributed by atoms with van der Waals surface area (Å²) < 4.78 is 42.1. The molecular weight excluding hydrogens is 480 g/mol. The average molecular weight is 503 g/mol. The van der Waals surface area contributed by atoms with E-state index in [1.807, 2.05) is 30.3 Å². The monoisotopic (exact) mass is 502 g/mol. The fourth-order valence-corrected chi connectivity index (χ4v) is 4.41. The van der Waals surface area contributed by atoms with Gasteiger partial charge in [0.15, 0.2) is 11.5 Å². The van der Waals surface area contributed by atoms with Gasteiger partial charge in [0.05, 0.1) is 19.4 Å². The summed E-state index contributed by atoms with van der Waals surface area (Å²) in [5.74, 6) is 0.117. The van der Waals surface area contributed by atoms with E-state index in [9.17, 15) is 18.5 Å². The molecule has 4 aromatic rings. The van der Waals surface area contributed by atoms with E-state index in [1.165, 1.54) is 36.6 Å². The van der Waals surface area contributed by atoms with E-state index >= 15 is 0 Å². The molecule has 4 rings (SSSR count). The molecule has 0 aliphatic carbocycles. The van der Waals surface area contributed by atoms with Gasteiger partial charge < -0.3 is 18.7 Å². The van der Waals surface area contributed by atoms with Gasteiger partial charge >= 0.3 is 10.1 Å². The maximum atomic E-state index is 13.0. The predicted octanol–water partition coefficient (Wildman–Crippen LogP) is 4.82. The molecule has 0 saturated carbocycles. The van der Waals surface area contributed by atoms with E-state index in [4.69, 9.17) is 13.3 Å². The van der Waals surface area contributed by atoms with Crippen molar-refractivity contribution in [2.24, 2.45) is 0 Å². The van der Waals surface area contributed by atoms with Crippen molar-refractivity contribution in [2.45, 2.75) is 18.4 Å². The van der Waals surface area contributed by atoms with Crippen molar-refractivity contribution in [2.75, 3.05) is 6.61 Å². The molecular formula is C27H22N2O6S. The summed E-state index contributed by atoms with van der Waals surface area (Å²) in [6.45, 7) is 2.12. The number of carbonyl (C=O) groups is 1. The number of furan rings is 1. The first-order valence-corrected chi connectivity index (χ1v) is 12.4. The molecule has 0 unspecified atom stereocenters. The summed E-state index contributed by atoms with van der Waals surface area (Å²) >= 11 is 0. The van der Waals surface area contributed by atoms with Crippen LogP contribution in [0.4, 0.5) is 0 Å². The third-order valence-corrected chi connectivity index (χ3v) is 6.39. The highest BCUT2D eigenvalue weighted by molar-refractivity contribution is 7.87. The largest absolute Gasteiger partial charge is 0.490 e. The van der Waals surface area contributed by atoms with Gasteiger partial charge in [-0.15, -0.1) is 0 Å². The summed E-state index contributed by atoms with van der Waals surface area (Å²) in [5.41, 5.74) is 0.319. The quantitative estimate of drug-likeness (QED) is 0.198. The Balaban J connectivity index is 1.57. The van der Waals surface area contributed by atoms with Crippen LogP contribution in [0.25, 0.3) is 16.8 Å². The summed E-state index contributed by atoms with van der Waals surface area (Å²) in [4.78, 5) is 12.4. The van der Waals surface area contributed by atoms with Crippen LogP contribution in [0.2, 0.25) is 0 Å². The van der Waals surface area contributed by atoms with Crippen molar-refractivity contribution >= 4 is 32.9 Å². The Kier molecular flexibility index (Phi) is 7.37. The smallest absolute Gasteiger partial charge is 0.339 e. The number of amides is 1. The Bertz CT molecular complexity index is 1570. The number of fused-ring (bicyclic) bond motifs is 1. The highest BCUT2D eigenvalue weighted by Gasteiger charge is 2.20. The standard InChI is InChI=1S/C27H22N2O6S/c1-2-33-26-15-19(14-22(17-28)27(30)29-18-23-8-5-13-34-23)9-12-25(26)35-36(31,32)24-11-10-20-6-3-4-7-21(20)16-24/h3-16H,2,18H2,1H3,(H,29,30)/b22-14+. The zero-order valence-electron chi connectivity index (χ0n) is 19.3. The van der Waals surface area contributed by atoms with Crippen LogP contribution in [0.1, 0.15) is 18.2 Å². The third-order valence-electron chi connectivity index (χ3n) is 5.16. The van der Waals surface area contributed by atoms with Gasteiger partial charge in [0.1, 0.15) is 22.3 Å². The molecule has 1 heterocycles. The van der Waals surface area contributed by atoms with Crippen LogP contribution in [0, 0.1) is 11.3 Å². The summed E-state index contributed by atoms with van der Waals surface area (Å²) in [7, 11) is -4.15. The van der Waals surface area contributed by atoms with E-state index in [2.05, 4.69) is 5.32 Å². The molecule has 0 bridgehead atoms. The van der Waals surface area contributed by atoms with Crippen LogP contribution in [0.5, 0.6) is 11.5 Å². The minimum Gasteiger partial charge on any atom is -0.490 e. The van der Waals surface area contributed by atoms with E-state index in [0.717, 1.165) is 10.8 Å². The number of rotatable bonds is 9. The predicted molar refractivity (Wildman–Crippen MR) is 134 cm³/mol. The molecule has 9 heteroatoms. The fraction of sp³-hybridized carbons (Fsp3) is 0.111. The molecule has 0 saturated heterocycles. The number of benzene rings is 3. The van der Waals surface area contributed by atoms with Gasteiger partial charge in [-0.2, -0.15) is 13.7 Å². The molecule has 1 N–H and O–H groups in total. The van der Waals surface area contributed by atoms with Gasteiger partial charge in [-0.05, 0) is 65.7 Å². The number of nitriles is 1. The number of nitrogens with one attached hydrogen (secondary N) is 1. The molecule has 0 aliphatic heterocycles. The second-order valence-corrected chi connectivity index (χ2v) is 9.16. The highest BCUT2D eigenvalue weighted by atomic mass is 32.2. The number of carbonyl (C=O) groups excluding carboxylic acids is 1. The van der Waals surface area contributed by atoms with Crippen molar-refractivity contribution in [3.05, 3.63) is 96.0 Å². The second-order valence-electron chi connectivity index (χ2n) is 7.62. The summed E-state index contributed by atoms with van der Waals surface area (Å²) in [5, 5.41) is 13.7. The van der Waals surface area contributed by atoms with Crippen molar-refractivity contribution in [3.63, 3.8) is 0 Å². The normalized spacial score (nSPS) is 11.6. The molecule has 0 atom stereocenters. The molecule has 0 radical (unpaired) electrons. The molecule has 3 aromatic carbocycles. The fourth-order valence-electron chi connectivity index (χ4n) is 3.43.